The second-order valence-corrected chi connectivity index (χ2v) is 10.5. The number of aliphatic hydroxyl groups is 3. The van der Waals surface area contributed by atoms with Gasteiger partial charge in [-0.3, -0.25) is 4.79 Å². The molecule has 0 amide bonds. The molecule has 0 heterocycles. The van der Waals surface area contributed by atoms with Crippen molar-refractivity contribution in [3.8, 4) is 0 Å². The summed E-state index contributed by atoms with van der Waals surface area (Å²) in [4.78, 5) is 10.5. The molecule has 4 nitrogen and oxygen atoms in total. The summed E-state index contributed by atoms with van der Waals surface area (Å²) in [5.41, 5.74) is -2.26. The molecule has 0 radical (unpaired) electrons. The topological polar surface area (TPSA) is 77.8 Å². The number of hydrogen-bond acceptors (Lipinski definition) is 4. The summed E-state index contributed by atoms with van der Waals surface area (Å²) in [7, 11) is 0. The van der Waals surface area contributed by atoms with Crippen molar-refractivity contribution in [2.24, 2.45) is 28.6 Å². The van der Waals surface area contributed by atoms with Crippen molar-refractivity contribution in [1.82, 2.24) is 0 Å². The summed E-state index contributed by atoms with van der Waals surface area (Å²) in [6.07, 6.45) is 15.1. The number of rotatable bonds is 3. The van der Waals surface area contributed by atoms with Crippen LogP contribution in [0.2, 0.25) is 0 Å². The van der Waals surface area contributed by atoms with E-state index in [1.54, 1.807) is 18.2 Å². The molecule has 0 bridgehead atoms. The minimum Gasteiger partial charge on any atom is -0.393 e. The Hall–Kier alpha value is -0.970. The maximum atomic E-state index is 12.0. The fourth-order valence-electron chi connectivity index (χ4n) is 7.85. The second kappa shape index (κ2) is 6.78. The van der Waals surface area contributed by atoms with Crippen LogP contribution in [0.15, 0.2) is 24.3 Å². The van der Waals surface area contributed by atoms with Crippen molar-refractivity contribution >= 4 is 6.29 Å². The highest BCUT2D eigenvalue weighted by Crippen LogP contribution is 2.70. The van der Waals surface area contributed by atoms with Crippen LogP contribution in [0.3, 0.4) is 0 Å². The van der Waals surface area contributed by atoms with E-state index in [9.17, 15) is 20.1 Å². The van der Waals surface area contributed by atoms with E-state index in [0.29, 0.717) is 24.7 Å². The van der Waals surface area contributed by atoms with Gasteiger partial charge in [0.1, 0.15) is 6.29 Å². The van der Waals surface area contributed by atoms with Gasteiger partial charge in [-0.05, 0) is 87.0 Å². The van der Waals surface area contributed by atoms with Crippen LogP contribution in [0.1, 0.15) is 71.6 Å². The fraction of sp³-hybridized carbons (Fsp3) is 0.792. The Balaban J connectivity index is 1.64. The highest BCUT2D eigenvalue weighted by Gasteiger charge is 2.70. The van der Waals surface area contributed by atoms with Gasteiger partial charge >= 0.3 is 0 Å². The van der Waals surface area contributed by atoms with Crippen molar-refractivity contribution in [2.75, 3.05) is 0 Å². The van der Waals surface area contributed by atoms with Gasteiger partial charge in [-0.15, -0.1) is 0 Å². The van der Waals surface area contributed by atoms with E-state index in [-0.39, 0.29) is 17.4 Å². The maximum absolute atomic E-state index is 12.0. The summed E-state index contributed by atoms with van der Waals surface area (Å²) >= 11 is 0. The molecular formula is C24H36O4. The molecule has 4 fully saturated rings. The largest absolute Gasteiger partial charge is 0.393 e. The van der Waals surface area contributed by atoms with Crippen molar-refractivity contribution in [2.45, 2.75) is 88.9 Å². The molecule has 0 aromatic heterocycles. The van der Waals surface area contributed by atoms with Gasteiger partial charge in [-0.1, -0.05) is 32.1 Å². The molecule has 4 rings (SSSR count). The van der Waals surface area contributed by atoms with Crippen molar-refractivity contribution in [1.29, 1.82) is 0 Å². The summed E-state index contributed by atoms with van der Waals surface area (Å²) in [5, 5.41) is 33.7. The molecular weight excluding hydrogens is 352 g/mol. The van der Waals surface area contributed by atoms with Crippen LogP contribution in [0.25, 0.3) is 0 Å². The monoisotopic (exact) mass is 388 g/mol. The molecule has 0 aliphatic heterocycles. The summed E-state index contributed by atoms with van der Waals surface area (Å²) < 4.78 is 0. The number of allylic oxidation sites excluding steroid dienone is 3. The SMILES string of the molecule is C[C@]12CCC3C(CC[C@@H]4C[C@@H](O)CC[C@]34C)[C@@]1(O)CC[C@]2(O)/C=C/C=C/C=O. The molecule has 156 valence electrons. The lowest BCUT2D eigenvalue weighted by Crippen LogP contribution is -2.65. The highest BCUT2D eigenvalue weighted by molar-refractivity contribution is 5.65. The Kier molecular flexibility index (Phi) is 4.92. The van der Waals surface area contributed by atoms with Crippen molar-refractivity contribution in [3.05, 3.63) is 24.3 Å². The van der Waals surface area contributed by atoms with Crippen LogP contribution < -0.4 is 0 Å². The molecule has 3 N–H and O–H groups in total. The summed E-state index contributed by atoms with van der Waals surface area (Å²) in [5.74, 6) is 1.24. The first-order valence-electron chi connectivity index (χ1n) is 11.1. The third kappa shape index (κ3) is 2.64. The lowest BCUT2D eigenvalue weighted by atomic mass is 9.43. The fourth-order valence-corrected chi connectivity index (χ4v) is 7.85. The molecule has 0 saturated heterocycles. The van der Waals surface area contributed by atoms with Gasteiger partial charge in [0.15, 0.2) is 0 Å². The second-order valence-electron chi connectivity index (χ2n) is 10.5. The van der Waals surface area contributed by atoms with Gasteiger partial charge in [0, 0.05) is 5.41 Å². The summed E-state index contributed by atoms with van der Waals surface area (Å²) in [6.45, 7) is 4.47. The zero-order chi connectivity index (χ0) is 20.2. The third-order valence-electron chi connectivity index (χ3n) is 9.70. The average Bonchev–Trinajstić information content (AvgIpc) is 2.87. The quantitative estimate of drug-likeness (QED) is 0.393. The number of fused-ring (bicyclic) bond motifs is 5. The number of aliphatic hydroxyl groups excluding tert-OH is 1. The first kappa shape index (κ1) is 20.3. The zero-order valence-corrected chi connectivity index (χ0v) is 17.3. The van der Waals surface area contributed by atoms with Gasteiger partial charge in [-0.25, -0.2) is 0 Å². The number of aldehydes is 1. The zero-order valence-electron chi connectivity index (χ0n) is 17.3. The number of hydrogen-bond donors (Lipinski definition) is 3. The van der Waals surface area contributed by atoms with Crippen LogP contribution in [-0.2, 0) is 4.79 Å². The lowest BCUT2D eigenvalue weighted by molar-refractivity contribution is -0.227. The molecule has 0 spiro atoms. The predicted molar refractivity (Wildman–Crippen MR) is 108 cm³/mol. The predicted octanol–water partition coefficient (Wildman–Crippen LogP) is 3.55. The molecule has 4 heteroatoms. The van der Waals surface area contributed by atoms with Crippen LogP contribution >= 0.6 is 0 Å². The Bertz CT molecular complexity index is 686. The Morgan fingerprint density at radius 2 is 1.64 bits per heavy atom. The van der Waals surface area contributed by atoms with E-state index in [0.717, 1.165) is 51.2 Å². The van der Waals surface area contributed by atoms with Crippen molar-refractivity contribution < 1.29 is 20.1 Å². The molecule has 8 atom stereocenters. The Morgan fingerprint density at radius 3 is 2.39 bits per heavy atom. The number of carbonyl (C=O) groups is 1. The molecule has 4 aliphatic rings. The van der Waals surface area contributed by atoms with Crippen molar-refractivity contribution in [3.63, 3.8) is 0 Å². The van der Waals surface area contributed by atoms with E-state index in [4.69, 9.17) is 0 Å². The lowest BCUT2D eigenvalue weighted by Gasteiger charge is -2.64. The van der Waals surface area contributed by atoms with E-state index in [1.807, 2.05) is 0 Å². The van der Waals surface area contributed by atoms with Crippen LogP contribution in [0.5, 0.6) is 0 Å². The molecule has 28 heavy (non-hydrogen) atoms. The minimum absolute atomic E-state index is 0.160. The van der Waals surface area contributed by atoms with Gasteiger partial charge in [0.2, 0.25) is 0 Å². The third-order valence-corrected chi connectivity index (χ3v) is 9.70. The van der Waals surface area contributed by atoms with Crippen LogP contribution in [0, 0.1) is 28.6 Å². The van der Waals surface area contributed by atoms with Crippen LogP contribution in [-0.4, -0.2) is 38.9 Å². The van der Waals surface area contributed by atoms with Gasteiger partial charge < -0.3 is 15.3 Å². The Morgan fingerprint density at radius 1 is 0.857 bits per heavy atom. The summed E-state index contributed by atoms with van der Waals surface area (Å²) in [6, 6.07) is 0. The first-order chi connectivity index (χ1) is 13.2. The highest BCUT2D eigenvalue weighted by atomic mass is 16.3. The van der Waals surface area contributed by atoms with Gasteiger partial charge in [0.25, 0.3) is 0 Å². The maximum Gasteiger partial charge on any atom is 0.142 e. The van der Waals surface area contributed by atoms with E-state index in [2.05, 4.69) is 13.8 Å². The number of carbonyl (C=O) groups excluding carboxylic acids is 1. The normalized spacial score (nSPS) is 53.8. The Labute approximate surface area is 168 Å². The van der Waals surface area contributed by atoms with E-state index in [1.165, 1.54) is 6.08 Å². The molecule has 0 aromatic carbocycles. The van der Waals surface area contributed by atoms with Gasteiger partial charge in [-0.2, -0.15) is 0 Å². The molecule has 0 aromatic rings. The molecule has 4 aliphatic carbocycles. The molecule has 4 saturated carbocycles. The minimum atomic E-state index is -1.04. The van der Waals surface area contributed by atoms with E-state index >= 15 is 0 Å². The van der Waals surface area contributed by atoms with E-state index < -0.39 is 16.6 Å². The first-order valence-corrected chi connectivity index (χ1v) is 11.1. The molecule has 2 unspecified atom stereocenters. The average molecular weight is 389 g/mol. The van der Waals surface area contributed by atoms with Crippen LogP contribution in [0.4, 0.5) is 0 Å². The standard InChI is InChI=1S/C24H36O4/c1-21-11-8-18(26)16-17(21)6-7-20-19(21)9-12-22(2)23(27,10-4-3-5-15-25)13-14-24(20,22)28/h3-5,10,15,17-20,26-28H,6-9,11-14,16H2,1-2H3/b5-3+,10-4+/t17-,18+,19?,20?,21+,22-,23-,24+/m1/s1. The van der Waals surface area contributed by atoms with Gasteiger partial charge in [0.05, 0.1) is 17.3 Å². The smallest absolute Gasteiger partial charge is 0.142 e.